The van der Waals surface area contributed by atoms with Crippen LogP contribution in [0.5, 0.6) is 0 Å². The number of primary amides is 1. The van der Waals surface area contributed by atoms with Crippen LogP contribution in [0, 0.1) is 0 Å². The van der Waals surface area contributed by atoms with Crippen molar-refractivity contribution < 1.29 is 9.32 Å². The average Bonchev–Trinajstić information content (AvgIpc) is 3.05. The minimum atomic E-state index is -0.547. The topological polar surface area (TPSA) is 98.4 Å². The van der Waals surface area contributed by atoms with E-state index in [2.05, 4.69) is 5.16 Å². The van der Waals surface area contributed by atoms with Crippen molar-refractivity contribution in [2.75, 3.05) is 10.6 Å². The van der Waals surface area contributed by atoms with Crippen molar-refractivity contribution in [1.82, 2.24) is 5.16 Å². The quantitative estimate of drug-likeness (QED) is 0.579. The first-order valence-corrected chi connectivity index (χ1v) is 8.04. The SMILES string of the molecule is NC(=O)N(c1ccccc1)c1ccc(-c2cccc3onc(N)c23)cc1. The maximum absolute atomic E-state index is 12.0. The molecule has 4 rings (SSSR count). The Labute approximate surface area is 149 Å². The fraction of sp³-hybridized carbons (Fsp3) is 0. The van der Waals surface area contributed by atoms with Crippen molar-refractivity contribution in [2.45, 2.75) is 0 Å². The molecule has 1 aromatic heterocycles. The van der Waals surface area contributed by atoms with Crippen LogP contribution in [0.15, 0.2) is 77.3 Å². The smallest absolute Gasteiger partial charge is 0.323 e. The molecule has 26 heavy (non-hydrogen) atoms. The van der Waals surface area contributed by atoms with Crippen molar-refractivity contribution in [3.63, 3.8) is 0 Å². The third kappa shape index (κ3) is 2.63. The summed E-state index contributed by atoms with van der Waals surface area (Å²) < 4.78 is 5.22. The highest BCUT2D eigenvalue weighted by Gasteiger charge is 2.16. The molecule has 0 saturated heterocycles. The fourth-order valence-corrected chi connectivity index (χ4v) is 3.03. The van der Waals surface area contributed by atoms with Gasteiger partial charge in [-0.15, -0.1) is 0 Å². The summed E-state index contributed by atoms with van der Waals surface area (Å²) in [5.41, 5.74) is 15.4. The summed E-state index contributed by atoms with van der Waals surface area (Å²) >= 11 is 0. The zero-order valence-corrected chi connectivity index (χ0v) is 13.8. The molecule has 6 heteroatoms. The lowest BCUT2D eigenvalue weighted by Crippen LogP contribution is -2.31. The lowest BCUT2D eigenvalue weighted by Gasteiger charge is -2.21. The Balaban J connectivity index is 1.76. The van der Waals surface area contributed by atoms with Crippen LogP contribution >= 0.6 is 0 Å². The first kappa shape index (κ1) is 15.7. The largest absolute Gasteiger partial charge is 0.380 e. The van der Waals surface area contributed by atoms with Crippen molar-refractivity contribution in [1.29, 1.82) is 0 Å². The molecule has 6 nitrogen and oxygen atoms in total. The Morgan fingerprint density at radius 3 is 2.27 bits per heavy atom. The van der Waals surface area contributed by atoms with E-state index in [0.29, 0.717) is 22.8 Å². The molecule has 0 radical (unpaired) electrons. The van der Waals surface area contributed by atoms with E-state index in [-0.39, 0.29) is 0 Å². The molecule has 0 aliphatic rings. The van der Waals surface area contributed by atoms with Gasteiger partial charge in [-0.3, -0.25) is 4.90 Å². The molecule has 0 bridgehead atoms. The Morgan fingerprint density at radius 2 is 1.58 bits per heavy atom. The third-order valence-electron chi connectivity index (χ3n) is 4.20. The van der Waals surface area contributed by atoms with Crippen LogP contribution in [0.1, 0.15) is 0 Å². The zero-order chi connectivity index (χ0) is 18.1. The molecule has 128 valence electrons. The molecule has 4 N–H and O–H groups in total. The number of anilines is 3. The van der Waals surface area contributed by atoms with Crippen molar-refractivity contribution >= 4 is 34.2 Å². The van der Waals surface area contributed by atoms with Gasteiger partial charge in [0.25, 0.3) is 0 Å². The van der Waals surface area contributed by atoms with E-state index < -0.39 is 6.03 Å². The van der Waals surface area contributed by atoms with Gasteiger partial charge in [-0.2, -0.15) is 0 Å². The van der Waals surface area contributed by atoms with Gasteiger partial charge in [0.1, 0.15) is 0 Å². The maximum atomic E-state index is 12.0. The Bertz CT molecular complexity index is 1070. The van der Waals surface area contributed by atoms with Gasteiger partial charge in [0.15, 0.2) is 11.4 Å². The van der Waals surface area contributed by atoms with E-state index in [4.69, 9.17) is 16.0 Å². The van der Waals surface area contributed by atoms with Crippen LogP contribution in [0.4, 0.5) is 22.0 Å². The highest BCUT2D eigenvalue weighted by Crippen LogP contribution is 2.34. The minimum absolute atomic E-state index is 0.350. The summed E-state index contributed by atoms with van der Waals surface area (Å²) in [6.07, 6.45) is 0. The summed E-state index contributed by atoms with van der Waals surface area (Å²) in [5.74, 6) is 0.350. The van der Waals surface area contributed by atoms with E-state index in [1.54, 1.807) is 0 Å². The van der Waals surface area contributed by atoms with Gasteiger partial charge in [0.05, 0.1) is 16.8 Å². The molecule has 0 aliphatic heterocycles. The number of carbonyl (C=O) groups excluding carboxylic acids is 1. The van der Waals surface area contributed by atoms with E-state index >= 15 is 0 Å². The molecule has 0 aliphatic carbocycles. The summed E-state index contributed by atoms with van der Waals surface area (Å²) in [6, 6.07) is 21.9. The van der Waals surface area contributed by atoms with Crippen LogP contribution in [0.25, 0.3) is 22.1 Å². The number of carbonyl (C=O) groups is 1. The first-order valence-electron chi connectivity index (χ1n) is 8.04. The number of nitrogen functional groups attached to an aromatic ring is 1. The number of amides is 2. The number of rotatable bonds is 3. The Kier molecular flexibility index (Phi) is 3.78. The van der Waals surface area contributed by atoms with E-state index in [1.165, 1.54) is 4.90 Å². The van der Waals surface area contributed by atoms with Crippen LogP contribution in [0.3, 0.4) is 0 Å². The highest BCUT2D eigenvalue weighted by molar-refractivity contribution is 6.01. The molecule has 0 unspecified atom stereocenters. The second-order valence-corrected chi connectivity index (χ2v) is 5.80. The van der Waals surface area contributed by atoms with Gasteiger partial charge < -0.3 is 16.0 Å². The predicted molar refractivity (Wildman–Crippen MR) is 102 cm³/mol. The summed E-state index contributed by atoms with van der Waals surface area (Å²) in [5, 5.41) is 4.60. The van der Waals surface area contributed by atoms with Gasteiger partial charge in [0.2, 0.25) is 0 Å². The minimum Gasteiger partial charge on any atom is -0.380 e. The molecule has 4 aromatic rings. The van der Waals surface area contributed by atoms with Gasteiger partial charge in [-0.1, -0.05) is 47.6 Å². The fourth-order valence-electron chi connectivity index (χ4n) is 3.03. The Hall–Kier alpha value is -3.80. The summed E-state index contributed by atoms with van der Waals surface area (Å²) in [7, 11) is 0. The third-order valence-corrected chi connectivity index (χ3v) is 4.20. The molecule has 0 atom stereocenters. The van der Waals surface area contributed by atoms with Gasteiger partial charge in [0, 0.05) is 0 Å². The molecular formula is C20H16N4O2. The molecular weight excluding hydrogens is 328 g/mol. The lowest BCUT2D eigenvalue weighted by atomic mass is 10.0. The van der Waals surface area contributed by atoms with E-state index in [1.807, 2.05) is 72.8 Å². The average molecular weight is 344 g/mol. The molecule has 2 amide bonds. The van der Waals surface area contributed by atoms with Crippen molar-refractivity contribution in [2.24, 2.45) is 5.73 Å². The van der Waals surface area contributed by atoms with Crippen LogP contribution in [-0.2, 0) is 0 Å². The molecule has 0 spiro atoms. The number of nitrogens with zero attached hydrogens (tertiary/aromatic N) is 2. The van der Waals surface area contributed by atoms with Crippen molar-refractivity contribution in [3.8, 4) is 11.1 Å². The van der Waals surface area contributed by atoms with Gasteiger partial charge in [-0.25, -0.2) is 4.79 Å². The number of hydrogen-bond donors (Lipinski definition) is 2. The van der Waals surface area contributed by atoms with Gasteiger partial charge in [-0.05, 0) is 41.5 Å². The summed E-state index contributed by atoms with van der Waals surface area (Å²) in [4.78, 5) is 13.4. The number of fused-ring (bicyclic) bond motifs is 1. The molecule has 1 heterocycles. The first-order chi connectivity index (χ1) is 12.6. The summed E-state index contributed by atoms with van der Waals surface area (Å²) in [6.45, 7) is 0. The monoisotopic (exact) mass is 344 g/mol. The lowest BCUT2D eigenvalue weighted by molar-refractivity contribution is 0.256. The standard InChI is InChI=1S/C20H16N4O2/c21-19-18-16(7-4-8-17(18)26-23-19)13-9-11-15(12-10-13)24(20(22)25)14-5-2-1-3-6-14/h1-12H,(H2,21,23)(H2,22,25). The van der Waals surface area contributed by atoms with E-state index in [0.717, 1.165) is 16.5 Å². The number of benzene rings is 3. The number of urea groups is 1. The highest BCUT2D eigenvalue weighted by atomic mass is 16.5. The van der Waals surface area contributed by atoms with Crippen LogP contribution in [0.2, 0.25) is 0 Å². The zero-order valence-electron chi connectivity index (χ0n) is 13.8. The second-order valence-electron chi connectivity index (χ2n) is 5.80. The Morgan fingerprint density at radius 1 is 0.885 bits per heavy atom. The number of para-hydroxylation sites is 1. The molecule has 3 aromatic carbocycles. The number of nitrogens with two attached hydrogens (primary N) is 2. The maximum Gasteiger partial charge on any atom is 0.323 e. The van der Waals surface area contributed by atoms with Crippen LogP contribution < -0.4 is 16.4 Å². The molecule has 0 fully saturated rings. The van der Waals surface area contributed by atoms with Gasteiger partial charge >= 0.3 is 6.03 Å². The number of hydrogen-bond acceptors (Lipinski definition) is 4. The van der Waals surface area contributed by atoms with Crippen LogP contribution in [-0.4, -0.2) is 11.2 Å². The number of aromatic nitrogens is 1. The molecule has 0 saturated carbocycles. The second kappa shape index (κ2) is 6.25. The normalized spacial score (nSPS) is 10.8. The van der Waals surface area contributed by atoms with Crippen molar-refractivity contribution in [3.05, 3.63) is 72.8 Å². The predicted octanol–water partition coefficient (Wildman–Crippen LogP) is 4.29. The van der Waals surface area contributed by atoms with E-state index in [9.17, 15) is 4.79 Å².